The van der Waals surface area contributed by atoms with Crippen molar-refractivity contribution in [2.75, 3.05) is 13.2 Å². The van der Waals surface area contributed by atoms with Crippen molar-refractivity contribution in [2.24, 2.45) is 11.8 Å². The molecule has 0 heterocycles. The number of benzene rings is 1. The van der Waals surface area contributed by atoms with Crippen molar-refractivity contribution in [3.8, 4) is 0 Å². The van der Waals surface area contributed by atoms with Crippen molar-refractivity contribution in [3.05, 3.63) is 35.9 Å². The first kappa shape index (κ1) is 17.7. The van der Waals surface area contributed by atoms with Crippen molar-refractivity contribution in [3.63, 3.8) is 0 Å². The van der Waals surface area contributed by atoms with Gasteiger partial charge in [0.25, 0.3) is 0 Å². The second kappa shape index (κ2) is 8.18. The van der Waals surface area contributed by atoms with Gasteiger partial charge in [0.05, 0.1) is 5.41 Å². The number of aliphatic hydroxyl groups excluding tert-OH is 1. The summed E-state index contributed by atoms with van der Waals surface area (Å²) in [6.07, 6.45) is 1.76. The van der Waals surface area contributed by atoms with Gasteiger partial charge >= 0.3 is 0 Å². The van der Waals surface area contributed by atoms with Crippen LogP contribution in [-0.4, -0.2) is 24.2 Å². The zero-order chi connectivity index (χ0) is 15.9. The molecule has 118 valence electrons. The quantitative estimate of drug-likeness (QED) is 0.773. The first-order chi connectivity index (χ1) is 9.87. The second-order valence-corrected chi connectivity index (χ2v) is 6.71. The fourth-order valence-corrected chi connectivity index (χ4v) is 2.60. The third kappa shape index (κ3) is 5.50. The summed E-state index contributed by atoms with van der Waals surface area (Å²) in [4.78, 5) is 12.5. The molecular weight excluding hydrogens is 262 g/mol. The Hall–Kier alpha value is -1.35. The largest absolute Gasteiger partial charge is 0.396 e. The van der Waals surface area contributed by atoms with E-state index in [9.17, 15) is 4.79 Å². The maximum Gasteiger partial charge on any atom is 0.230 e. The molecule has 1 rings (SSSR count). The number of aliphatic hydroxyl groups is 1. The first-order valence-electron chi connectivity index (χ1n) is 7.82. The van der Waals surface area contributed by atoms with Crippen molar-refractivity contribution < 1.29 is 9.90 Å². The van der Waals surface area contributed by atoms with Crippen LogP contribution in [0.15, 0.2) is 30.3 Å². The molecular formula is C18H29NO2. The predicted octanol–water partition coefficient (Wildman–Crippen LogP) is 3.13. The van der Waals surface area contributed by atoms with Crippen LogP contribution in [0.3, 0.4) is 0 Å². The minimum Gasteiger partial charge on any atom is -0.396 e. The zero-order valence-electron chi connectivity index (χ0n) is 13.7. The van der Waals surface area contributed by atoms with E-state index >= 15 is 0 Å². The van der Waals surface area contributed by atoms with Gasteiger partial charge in [0.2, 0.25) is 5.91 Å². The van der Waals surface area contributed by atoms with Gasteiger partial charge in [-0.1, -0.05) is 44.2 Å². The van der Waals surface area contributed by atoms with E-state index < -0.39 is 5.41 Å². The monoisotopic (exact) mass is 291 g/mol. The Morgan fingerprint density at radius 1 is 1.24 bits per heavy atom. The first-order valence-corrected chi connectivity index (χ1v) is 7.82. The summed E-state index contributed by atoms with van der Waals surface area (Å²) < 4.78 is 0. The highest BCUT2D eigenvalue weighted by molar-refractivity contribution is 5.87. The summed E-state index contributed by atoms with van der Waals surface area (Å²) in [6.45, 7) is 9.03. The molecule has 0 bridgehead atoms. The van der Waals surface area contributed by atoms with Crippen LogP contribution in [0.4, 0.5) is 0 Å². The molecule has 1 aromatic carbocycles. The van der Waals surface area contributed by atoms with Crippen molar-refractivity contribution in [2.45, 2.75) is 46.0 Å². The Balaban J connectivity index is 2.62. The molecule has 1 aromatic rings. The molecule has 0 saturated heterocycles. The Kier molecular flexibility index (Phi) is 6.90. The van der Waals surface area contributed by atoms with Crippen LogP contribution in [0.1, 0.15) is 46.1 Å². The van der Waals surface area contributed by atoms with Gasteiger partial charge in [-0.2, -0.15) is 0 Å². The SMILES string of the molecule is CC(C)CC(CCO)CNC(=O)C(C)(C)c1ccccc1. The molecule has 0 radical (unpaired) electrons. The molecule has 3 nitrogen and oxygen atoms in total. The minimum atomic E-state index is -0.539. The highest BCUT2D eigenvalue weighted by Crippen LogP contribution is 2.23. The molecule has 0 aliphatic carbocycles. The summed E-state index contributed by atoms with van der Waals surface area (Å²) >= 11 is 0. The third-order valence-corrected chi connectivity index (χ3v) is 3.96. The Morgan fingerprint density at radius 3 is 2.38 bits per heavy atom. The average molecular weight is 291 g/mol. The number of hydrogen-bond donors (Lipinski definition) is 2. The Bertz CT molecular complexity index is 426. The van der Waals surface area contributed by atoms with Gasteiger partial charge in [-0.3, -0.25) is 4.79 Å². The second-order valence-electron chi connectivity index (χ2n) is 6.71. The number of carbonyl (C=O) groups is 1. The average Bonchev–Trinajstić information content (AvgIpc) is 2.45. The zero-order valence-corrected chi connectivity index (χ0v) is 13.7. The Morgan fingerprint density at radius 2 is 1.86 bits per heavy atom. The minimum absolute atomic E-state index is 0.0420. The fraction of sp³-hybridized carbons (Fsp3) is 0.611. The highest BCUT2D eigenvalue weighted by Gasteiger charge is 2.29. The lowest BCUT2D eigenvalue weighted by molar-refractivity contribution is -0.125. The van der Waals surface area contributed by atoms with Gasteiger partial charge in [0, 0.05) is 13.2 Å². The lowest BCUT2D eigenvalue weighted by atomic mass is 9.83. The van der Waals surface area contributed by atoms with Crippen molar-refractivity contribution in [1.82, 2.24) is 5.32 Å². The molecule has 2 N–H and O–H groups in total. The number of nitrogens with one attached hydrogen (secondary N) is 1. The summed E-state index contributed by atoms with van der Waals surface area (Å²) in [5.41, 5.74) is 0.480. The topological polar surface area (TPSA) is 49.3 Å². The highest BCUT2D eigenvalue weighted by atomic mass is 16.3. The number of amides is 1. The number of carbonyl (C=O) groups excluding carboxylic acids is 1. The van der Waals surface area contributed by atoms with Gasteiger partial charge in [-0.25, -0.2) is 0 Å². The van der Waals surface area contributed by atoms with E-state index in [1.54, 1.807) is 0 Å². The molecule has 1 unspecified atom stereocenters. The molecule has 0 spiro atoms. The van der Waals surface area contributed by atoms with Crippen LogP contribution in [0.5, 0.6) is 0 Å². The molecule has 1 amide bonds. The molecule has 0 aliphatic heterocycles. The van der Waals surface area contributed by atoms with Gasteiger partial charge in [0.1, 0.15) is 0 Å². The molecule has 3 heteroatoms. The van der Waals surface area contributed by atoms with E-state index in [-0.39, 0.29) is 12.5 Å². The number of rotatable bonds is 8. The Labute approximate surface area is 128 Å². The maximum atomic E-state index is 12.5. The fourth-order valence-electron chi connectivity index (χ4n) is 2.60. The molecule has 0 aliphatic rings. The standard InChI is InChI=1S/C18H29NO2/c1-14(2)12-15(10-11-20)13-19-17(21)18(3,4)16-8-6-5-7-9-16/h5-9,14-15,20H,10-13H2,1-4H3,(H,19,21). The van der Waals surface area contributed by atoms with E-state index in [1.165, 1.54) is 0 Å². The third-order valence-electron chi connectivity index (χ3n) is 3.96. The van der Waals surface area contributed by atoms with Crippen LogP contribution in [0.25, 0.3) is 0 Å². The maximum absolute atomic E-state index is 12.5. The number of hydrogen-bond acceptors (Lipinski definition) is 2. The van der Waals surface area contributed by atoms with Crippen molar-refractivity contribution >= 4 is 5.91 Å². The van der Waals surface area contributed by atoms with Crippen LogP contribution in [-0.2, 0) is 10.2 Å². The van der Waals surface area contributed by atoms with E-state index in [1.807, 2.05) is 44.2 Å². The normalized spacial score (nSPS) is 13.2. The molecule has 21 heavy (non-hydrogen) atoms. The van der Waals surface area contributed by atoms with E-state index in [0.717, 1.165) is 18.4 Å². The lowest BCUT2D eigenvalue weighted by Crippen LogP contribution is -2.42. The van der Waals surface area contributed by atoms with Gasteiger partial charge in [0.15, 0.2) is 0 Å². The van der Waals surface area contributed by atoms with Crippen LogP contribution in [0, 0.1) is 11.8 Å². The van der Waals surface area contributed by atoms with E-state index in [0.29, 0.717) is 18.4 Å². The summed E-state index contributed by atoms with van der Waals surface area (Å²) in [7, 11) is 0. The predicted molar refractivity (Wildman–Crippen MR) is 87.1 cm³/mol. The van der Waals surface area contributed by atoms with Crippen LogP contribution < -0.4 is 5.32 Å². The van der Waals surface area contributed by atoms with Crippen molar-refractivity contribution in [1.29, 1.82) is 0 Å². The van der Waals surface area contributed by atoms with Crippen LogP contribution >= 0.6 is 0 Å². The van der Waals surface area contributed by atoms with Gasteiger partial charge in [-0.05, 0) is 44.1 Å². The van der Waals surface area contributed by atoms with Crippen LogP contribution in [0.2, 0.25) is 0 Å². The molecule has 1 atom stereocenters. The molecule has 0 fully saturated rings. The van der Waals surface area contributed by atoms with Gasteiger partial charge < -0.3 is 10.4 Å². The summed E-state index contributed by atoms with van der Waals surface area (Å²) in [6, 6.07) is 9.84. The summed E-state index contributed by atoms with van der Waals surface area (Å²) in [5.74, 6) is 0.950. The van der Waals surface area contributed by atoms with Gasteiger partial charge in [-0.15, -0.1) is 0 Å². The smallest absolute Gasteiger partial charge is 0.230 e. The molecule has 0 aromatic heterocycles. The van der Waals surface area contributed by atoms with E-state index in [2.05, 4.69) is 19.2 Å². The lowest BCUT2D eigenvalue weighted by Gasteiger charge is -2.26. The van der Waals surface area contributed by atoms with E-state index in [4.69, 9.17) is 5.11 Å². The summed E-state index contributed by atoms with van der Waals surface area (Å²) in [5, 5.41) is 12.2. The molecule has 0 saturated carbocycles.